The Bertz CT molecular complexity index is 942. The maximum Gasteiger partial charge on any atom is 0.316 e. The van der Waals surface area contributed by atoms with Gasteiger partial charge in [-0.15, -0.1) is 0 Å². The number of Topliss-reactive ketones (excluding diaryl/α,β-unsaturated/α-hetero) is 1. The van der Waals surface area contributed by atoms with Crippen molar-refractivity contribution in [2.24, 2.45) is 5.41 Å². The summed E-state index contributed by atoms with van der Waals surface area (Å²) >= 11 is 1.19. The minimum absolute atomic E-state index is 0.0136. The van der Waals surface area contributed by atoms with E-state index in [2.05, 4.69) is 11.4 Å². The molecule has 0 saturated heterocycles. The first-order valence-electron chi connectivity index (χ1n) is 9.47. The number of carbonyl (C=O) groups excluding carboxylic acids is 2. The number of thioether (sulfide) groups is 1. The minimum atomic E-state index is -0.579. The first kappa shape index (κ1) is 21.1. The molecule has 1 heterocycles. The zero-order chi connectivity index (χ0) is 21.2. The Morgan fingerprint density at radius 1 is 1.34 bits per heavy atom. The molecule has 1 atom stereocenters. The highest BCUT2D eigenvalue weighted by Crippen LogP contribution is 2.47. The third-order valence-corrected chi connectivity index (χ3v) is 5.96. The summed E-state index contributed by atoms with van der Waals surface area (Å²) in [5.74, 6) is -1.29. The molecule has 7 heteroatoms. The third kappa shape index (κ3) is 4.54. The van der Waals surface area contributed by atoms with Crippen LogP contribution in [0.15, 0.2) is 46.1 Å². The van der Waals surface area contributed by atoms with Crippen LogP contribution in [0.1, 0.15) is 45.1 Å². The molecule has 0 spiro atoms. The van der Waals surface area contributed by atoms with Gasteiger partial charge in [0.1, 0.15) is 5.82 Å². The molecule has 2 aliphatic rings. The quantitative estimate of drug-likeness (QED) is 0.728. The molecular formula is C22H23FN2O3S. The van der Waals surface area contributed by atoms with E-state index in [9.17, 15) is 19.2 Å². The second kappa shape index (κ2) is 8.42. The Morgan fingerprint density at radius 2 is 2.03 bits per heavy atom. The maximum absolute atomic E-state index is 13.5. The fourth-order valence-corrected chi connectivity index (χ4v) is 4.67. The SMILES string of the molecule is CCOC(=O)CSC1=C(C#N)C(c2ccc(F)cc2)C2=C(CC(C)(C)CC2=O)N1. The normalized spacial score (nSPS) is 20.7. The van der Waals surface area contributed by atoms with Gasteiger partial charge in [0.25, 0.3) is 0 Å². The summed E-state index contributed by atoms with van der Waals surface area (Å²) < 4.78 is 18.5. The van der Waals surface area contributed by atoms with E-state index in [1.807, 2.05) is 13.8 Å². The van der Waals surface area contributed by atoms with E-state index in [4.69, 9.17) is 4.74 Å². The first-order chi connectivity index (χ1) is 13.8. The van der Waals surface area contributed by atoms with Crippen molar-refractivity contribution in [3.05, 3.63) is 57.5 Å². The summed E-state index contributed by atoms with van der Waals surface area (Å²) in [5.41, 5.74) is 2.16. The smallest absolute Gasteiger partial charge is 0.316 e. The van der Waals surface area contributed by atoms with Crippen molar-refractivity contribution >= 4 is 23.5 Å². The van der Waals surface area contributed by atoms with Gasteiger partial charge in [0.2, 0.25) is 0 Å². The van der Waals surface area contributed by atoms with E-state index in [1.165, 1.54) is 23.9 Å². The number of hydrogen-bond donors (Lipinski definition) is 1. The molecule has 0 amide bonds. The average molecular weight is 415 g/mol. The highest BCUT2D eigenvalue weighted by Gasteiger charge is 2.41. The van der Waals surface area contributed by atoms with Gasteiger partial charge in [-0.2, -0.15) is 5.26 Å². The van der Waals surface area contributed by atoms with E-state index >= 15 is 0 Å². The number of rotatable bonds is 5. The number of nitriles is 1. The lowest BCUT2D eigenvalue weighted by atomic mass is 9.69. The van der Waals surface area contributed by atoms with Gasteiger partial charge in [-0.3, -0.25) is 9.59 Å². The zero-order valence-electron chi connectivity index (χ0n) is 16.7. The lowest BCUT2D eigenvalue weighted by Gasteiger charge is -2.39. The van der Waals surface area contributed by atoms with Crippen LogP contribution in [-0.4, -0.2) is 24.1 Å². The number of ether oxygens (including phenoxy) is 1. The number of ketones is 1. The number of nitrogens with one attached hydrogen (secondary N) is 1. The number of benzene rings is 1. The van der Waals surface area contributed by atoms with Crippen molar-refractivity contribution in [3.8, 4) is 6.07 Å². The van der Waals surface area contributed by atoms with Gasteiger partial charge in [0.15, 0.2) is 5.78 Å². The maximum atomic E-state index is 13.5. The largest absolute Gasteiger partial charge is 0.465 e. The number of allylic oxidation sites excluding steroid dienone is 3. The molecule has 0 bridgehead atoms. The molecule has 29 heavy (non-hydrogen) atoms. The number of hydrogen-bond acceptors (Lipinski definition) is 6. The Morgan fingerprint density at radius 3 is 2.66 bits per heavy atom. The summed E-state index contributed by atoms with van der Waals surface area (Å²) in [6.45, 7) is 6.07. The zero-order valence-corrected chi connectivity index (χ0v) is 17.5. The molecule has 0 radical (unpaired) electrons. The molecule has 0 aromatic heterocycles. The van der Waals surface area contributed by atoms with E-state index in [-0.39, 0.29) is 35.3 Å². The minimum Gasteiger partial charge on any atom is -0.465 e. The van der Waals surface area contributed by atoms with E-state index in [1.54, 1.807) is 19.1 Å². The van der Waals surface area contributed by atoms with Crippen LogP contribution in [0.4, 0.5) is 4.39 Å². The van der Waals surface area contributed by atoms with E-state index in [0.717, 1.165) is 5.70 Å². The van der Waals surface area contributed by atoms with Gasteiger partial charge in [0.05, 0.1) is 34.9 Å². The Hall–Kier alpha value is -2.59. The van der Waals surface area contributed by atoms with Crippen molar-refractivity contribution in [1.82, 2.24) is 5.32 Å². The van der Waals surface area contributed by atoms with Crippen molar-refractivity contribution in [3.63, 3.8) is 0 Å². The van der Waals surface area contributed by atoms with Gasteiger partial charge in [-0.25, -0.2) is 4.39 Å². The van der Waals surface area contributed by atoms with Crippen molar-refractivity contribution < 1.29 is 18.7 Å². The van der Waals surface area contributed by atoms with Gasteiger partial charge < -0.3 is 10.1 Å². The third-order valence-electron chi connectivity index (χ3n) is 4.97. The molecule has 0 saturated carbocycles. The van der Waals surface area contributed by atoms with Crippen molar-refractivity contribution in [2.45, 2.75) is 39.5 Å². The van der Waals surface area contributed by atoms with Crippen LogP contribution in [0.3, 0.4) is 0 Å². The van der Waals surface area contributed by atoms with Crippen LogP contribution < -0.4 is 5.32 Å². The van der Waals surface area contributed by atoms with Crippen LogP contribution in [0.2, 0.25) is 0 Å². The highest BCUT2D eigenvalue weighted by atomic mass is 32.2. The molecule has 5 nitrogen and oxygen atoms in total. The second-order valence-electron chi connectivity index (χ2n) is 7.89. The predicted molar refractivity (Wildman–Crippen MR) is 109 cm³/mol. The Kier molecular flexibility index (Phi) is 6.13. The number of halogens is 1. The standard InChI is InChI=1S/C22H23FN2O3S/c1-4-28-18(27)12-29-21-15(11-24)19(13-5-7-14(23)8-6-13)20-16(25-21)9-22(2,3)10-17(20)26/h5-8,19,25H,4,9-10,12H2,1-3H3. The lowest BCUT2D eigenvalue weighted by Crippen LogP contribution is -2.37. The molecule has 1 aliphatic carbocycles. The van der Waals surface area contributed by atoms with E-state index < -0.39 is 5.92 Å². The summed E-state index contributed by atoms with van der Waals surface area (Å²) in [6.07, 6.45) is 1.03. The van der Waals surface area contributed by atoms with Crippen LogP contribution >= 0.6 is 11.8 Å². The molecule has 1 aromatic carbocycles. The van der Waals surface area contributed by atoms with Gasteiger partial charge in [-0.1, -0.05) is 37.7 Å². The van der Waals surface area contributed by atoms with Crippen molar-refractivity contribution in [2.75, 3.05) is 12.4 Å². The molecule has 1 N–H and O–H groups in total. The van der Waals surface area contributed by atoms with Crippen LogP contribution in [0, 0.1) is 22.6 Å². The molecule has 1 aromatic rings. The summed E-state index contributed by atoms with van der Waals surface area (Å²) in [6, 6.07) is 8.08. The molecule has 0 fully saturated rings. The molecule has 152 valence electrons. The number of dihydropyridines is 1. The first-order valence-corrected chi connectivity index (χ1v) is 10.5. The Labute approximate surface area is 174 Å². The average Bonchev–Trinajstić information content (AvgIpc) is 2.65. The summed E-state index contributed by atoms with van der Waals surface area (Å²) in [5, 5.41) is 13.7. The Balaban J connectivity index is 2.06. The van der Waals surface area contributed by atoms with Crippen molar-refractivity contribution in [1.29, 1.82) is 5.26 Å². The van der Waals surface area contributed by atoms with Gasteiger partial charge in [0, 0.05) is 17.7 Å². The van der Waals surface area contributed by atoms with Gasteiger partial charge in [-0.05, 0) is 36.5 Å². The topological polar surface area (TPSA) is 79.2 Å². The van der Waals surface area contributed by atoms with Crippen LogP contribution in [0.25, 0.3) is 0 Å². The molecule has 3 rings (SSSR count). The lowest BCUT2D eigenvalue weighted by molar-refractivity contribution is -0.139. The number of nitrogens with zero attached hydrogens (tertiary/aromatic N) is 1. The monoisotopic (exact) mass is 414 g/mol. The molecular weight excluding hydrogens is 391 g/mol. The fourth-order valence-electron chi connectivity index (χ4n) is 3.81. The summed E-state index contributed by atoms with van der Waals surface area (Å²) in [4.78, 5) is 24.9. The molecule has 1 aliphatic heterocycles. The number of carbonyl (C=O) groups is 2. The van der Waals surface area contributed by atoms with Crippen LogP contribution in [-0.2, 0) is 14.3 Å². The van der Waals surface area contributed by atoms with Gasteiger partial charge >= 0.3 is 5.97 Å². The van der Waals surface area contributed by atoms with E-state index in [0.29, 0.717) is 34.6 Å². The van der Waals surface area contributed by atoms with Crippen LogP contribution in [0.5, 0.6) is 0 Å². The molecule has 1 unspecified atom stereocenters. The fraction of sp³-hybridized carbons (Fsp3) is 0.409. The second-order valence-corrected chi connectivity index (χ2v) is 8.88. The highest BCUT2D eigenvalue weighted by molar-refractivity contribution is 8.03. The predicted octanol–water partition coefficient (Wildman–Crippen LogP) is 4.19. The summed E-state index contributed by atoms with van der Waals surface area (Å²) in [7, 11) is 0. The number of esters is 1.